The molecule has 1 aromatic heterocycles. The van der Waals surface area contributed by atoms with Gasteiger partial charge in [0.05, 0.1) is 16.7 Å². The first kappa shape index (κ1) is 13.0. The van der Waals surface area contributed by atoms with E-state index in [4.69, 9.17) is 0 Å². The normalized spacial score (nSPS) is 12.2. The Kier molecular flexibility index (Phi) is 3.91. The first-order valence-electron chi connectivity index (χ1n) is 5.38. The Labute approximate surface area is 112 Å². The third kappa shape index (κ3) is 3.04. The van der Waals surface area contributed by atoms with Gasteiger partial charge in [0.1, 0.15) is 11.6 Å². The molecule has 0 aliphatic carbocycles. The van der Waals surface area contributed by atoms with Crippen LogP contribution in [0, 0.1) is 11.6 Å². The zero-order valence-electron chi connectivity index (χ0n) is 9.62. The number of pyridine rings is 1. The van der Waals surface area contributed by atoms with Crippen molar-refractivity contribution in [3.8, 4) is 0 Å². The largest absolute Gasteiger partial charge is 0.378 e. The van der Waals surface area contributed by atoms with Gasteiger partial charge in [-0.25, -0.2) is 8.78 Å². The third-order valence-electron chi connectivity index (χ3n) is 2.53. The van der Waals surface area contributed by atoms with Crippen LogP contribution in [0.2, 0.25) is 0 Å². The molecule has 0 fully saturated rings. The van der Waals surface area contributed by atoms with E-state index in [1.54, 1.807) is 18.3 Å². The summed E-state index contributed by atoms with van der Waals surface area (Å²) in [4.78, 5) is 3.78. The predicted octanol–water partition coefficient (Wildman–Crippen LogP) is 4.30. The van der Waals surface area contributed by atoms with Crippen molar-refractivity contribution in [2.75, 3.05) is 5.32 Å². The van der Waals surface area contributed by atoms with Crippen molar-refractivity contribution in [3.05, 3.63) is 58.3 Å². The molecular weight excluding hydrogens is 302 g/mol. The molecule has 2 nitrogen and oxygen atoms in total. The highest BCUT2D eigenvalue weighted by molar-refractivity contribution is 9.10. The van der Waals surface area contributed by atoms with E-state index in [9.17, 15) is 8.78 Å². The molecular formula is C13H11BrF2N2. The Morgan fingerprint density at radius 2 is 2.00 bits per heavy atom. The first-order chi connectivity index (χ1) is 8.56. The summed E-state index contributed by atoms with van der Waals surface area (Å²) in [7, 11) is 0. The molecule has 1 atom stereocenters. The summed E-state index contributed by atoms with van der Waals surface area (Å²) in [5.41, 5.74) is 1.34. The minimum atomic E-state index is -0.386. The molecule has 2 aromatic rings. The molecule has 0 saturated carbocycles. The average molecular weight is 313 g/mol. The molecule has 1 unspecified atom stereocenters. The summed E-state index contributed by atoms with van der Waals surface area (Å²) in [6.07, 6.45) is 2.73. The Morgan fingerprint density at radius 3 is 2.67 bits per heavy atom. The summed E-state index contributed by atoms with van der Waals surface area (Å²) in [5.74, 6) is -0.729. The van der Waals surface area contributed by atoms with Gasteiger partial charge in [0.15, 0.2) is 0 Å². The fourth-order valence-corrected chi connectivity index (χ4v) is 1.83. The Bertz CT molecular complexity index is 560. The number of aromatic nitrogens is 1. The SMILES string of the molecule is CC(Nc1ccc(Br)c(F)c1)c1cncc(F)c1. The number of hydrogen-bond donors (Lipinski definition) is 1. The quantitative estimate of drug-likeness (QED) is 0.914. The van der Waals surface area contributed by atoms with E-state index in [-0.39, 0.29) is 17.7 Å². The number of halogens is 3. The van der Waals surface area contributed by atoms with Crippen molar-refractivity contribution in [3.63, 3.8) is 0 Å². The van der Waals surface area contributed by atoms with Gasteiger partial charge in [-0.3, -0.25) is 4.98 Å². The minimum Gasteiger partial charge on any atom is -0.378 e. The van der Waals surface area contributed by atoms with Gasteiger partial charge in [0.2, 0.25) is 0 Å². The zero-order valence-corrected chi connectivity index (χ0v) is 11.2. The monoisotopic (exact) mass is 312 g/mol. The fraction of sp³-hybridized carbons (Fsp3) is 0.154. The van der Waals surface area contributed by atoms with Crippen molar-refractivity contribution in [2.24, 2.45) is 0 Å². The molecule has 0 spiro atoms. The zero-order chi connectivity index (χ0) is 13.1. The second kappa shape index (κ2) is 5.44. The lowest BCUT2D eigenvalue weighted by Crippen LogP contribution is -2.07. The Hall–Kier alpha value is -1.49. The van der Waals surface area contributed by atoms with Crippen LogP contribution in [0.1, 0.15) is 18.5 Å². The average Bonchev–Trinajstić information content (AvgIpc) is 2.34. The van der Waals surface area contributed by atoms with E-state index in [0.29, 0.717) is 15.7 Å². The molecule has 94 valence electrons. The van der Waals surface area contributed by atoms with E-state index < -0.39 is 0 Å². The lowest BCUT2D eigenvalue weighted by molar-refractivity contribution is 0.615. The van der Waals surface area contributed by atoms with Gasteiger partial charge in [0, 0.05) is 11.9 Å². The summed E-state index contributed by atoms with van der Waals surface area (Å²) >= 11 is 3.09. The van der Waals surface area contributed by atoms with Crippen molar-refractivity contribution in [1.82, 2.24) is 4.98 Å². The van der Waals surface area contributed by atoms with E-state index in [1.807, 2.05) is 6.92 Å². The number of anilines is 1. The summed E-state index contributed by atoms with van der Waals surface area (Å²) in [6.45, 7) is 1.86. The van der Waals surface area contributed by atoms with E-state index in [0.717, 1.165) is 6.20 Å². The van der Waals surface area contributed by atoms with E-state index in [1.165, 1.54) is 12.1 Å². The summed E-state index contributed by atoms with van der Waals surface area (Å²) < 4.78 is 26.8. The maximum atomic E-state index is 13.3. The number of hydrogen-bond acceptors (Lipinski definition) is 2. The first-order valence-corrected chi connectivity index (χ1v) is 6.17. The molecule has 1 heterocycles. The molecule has 1 aromatic carbocycles. The van der Waals surface area contributed by atoms with Gasteiger partial charge in [0.25, 0.3) is 0 Å². The fourth-order valence-electron chi connectivity index (χ4n) is 1.58. The van der Waals surface area contributed by atoms with Crippen LogP contribution < -0.4 is 5.32 Å². The van der Waals surface area contributed by atoms with Crippen molar-refractivity contribution in [2.45, 2.75) is 13.0 Å². The minimum absolute atomic E-state index is 0.159. The van der Waals surface area contributed by atoms with Gasteiger partial charge >= 0.3 is 0 Å². The number of nitrogens with zero attached hydrogens (tertiary/aromatic N) is 1. The highest BCUT2D eigenvalue weighted by atomic mass is 79.9. The molecule has 2 rings (SSSR count). The van der Waals surface area contributed by atoms with Crippen LogP contribution >= 0.6 is 15.9 Å². The van der Waals surface area contributed by atoms with Crippen LogP contribution in [0.5, 0.6) is 0 Å². The van der Waals surface area contributed by atoms with Gasteiger partial charge in [-0.05, 0) is 52.7 Å². The van der Waals surface area contributed by atoms with Crippen LogP contribution in [0.3, 0.4) is 0 Å². The molecule has 0 bridgehead atoms. The molecule has 18 heavy (non-hydrogen) atoms. The number of benzene rings is 1. The summed E-state index contributed by atoms with van der Waals surface area (Å²) in [6, 6.07) is 5.99. The van der Waals surface area contributed by atoms with E-state index in [2.05, 4.69) is 26.2 Å². The standard InChI is InChI=1S/C13H11BrF2N2/c1-8(9-4-10(15)7-17-6-9)18-11-2-3-12(14)13(16)5-11/h2-8,18H,1H3. The molecule has 0 saturated heterocycles. The van der Waals surface area contributed by atoms with Crippen LogP contribution in [-0.4, -0.2) is 4.98 Å². The molecule has 0 amide bonds. The number of rotatable bonds is 3. The van der Waals surface area contributed by atoms with Crippen LogP contribution in [-0.2, 0) is 0 Å². The Balaban J connectivity index is 2.16. The molecule has 0 radical (unpaired) electrons. The lowest BCUT2D eigenvalue weighted by atomic mass is 10.1. The topological polar surface area (TPSA) is 24.9 Å². The second-order valence-electron chi connectivity index (χ2n) is 3.93. The van der Waals surface area contributed by atoms with Gasteiger partial charge in [-0.15, -0.1) is 0 Å². The third-order valence-corrected chi connectivity index (χ3v) is 3.17. The predicted molar refractivity (Wildman–Crippen MR) is 70.3 cm³/mol. The molecule has 0 aliphatic rings. The molecule has 5 heteroatoms. The van der Waals surface area contributed by atoms with Gasteiger partial charge in [-0.2, -0.15) is 0 Å². The number of nitrogens with one attached hydrogen (secondary N) is 1. The molecule has 1 N–H and O–H groups in total. The van der Waals surface area contributed by atoms with Crippen molar-refractivity contribution >= 4 is 21.6 Å². The van der Waals surface area contributed by atoms with Crippen molar-refractivity contribution in [1.29, 1.82) is 0 Å². The highest BCUT2D eigenvalue weighted by Gasteiger charge is 2.08. The smallest absolute Gasteiger partial charge is 0.141 e. The lowest BCUT2D eigenvalue weighted by Gasteiger charge is -2.15. The van der Waals surface area contributed by atoms with Crippen molar-refractivity contribution < 1.29 is 8.78 Å². The highest BCUT2D eigenvalue weighted by Crippen LogP contribution is 2.23. The van der Waals surface area contributed by atoms with E-state index >= 15 is 0 Å². The maximum absolute atomic E-state index is 13.3. The van der Waals surface area contributed by atoms with Crippen LogP contribution in [0.4, 0.5) is 14.5 Å². The Morgan fingerprint density at radius 1 is 1.22 bits per heavy atom. The van der Waals surface area contributed by atoms with Crippen LogP contribution in [0.15, 0.2) is 41.1 Å². The van der Waals surface area contributed by atoms with Crippen LogP contribution in [0.25, 0.3) is 0 Å². The van der Waals surface area contributed by atoms with Gasteiger partial charge < -0.3 is 5.32 Å². The second-order valence-corrected chi connectivity index (χ2v) is 4.79. The maximum Gasteiger partial charge on any atom is 0.141 e. The molecule has 0 aliphatic heterocycles. The summed E-state index contributed by atoms with van der Waals surface area (Å²) in [5, 5.41) is 3.09. The van der Waals surface area contributed by atoms with Gasteiger partial charge in [-0.1, -0.05) is 0 Å².